The summed E-state index contributed by atoms with van der Waals surface area (Å²) in [6.07, 6.45) is 0. The Morgan fingerprint density at radius 3 is 2.78 bits per heavy atom. The molecular weight excluding hydrogens is 230 g/mol. The molecule has 1 amide bonds. The summed E-state index contributed by atoms with van der Waals surface area (Å²) in [6, 6.07) is 5.08. The first-order valence-corrected chi connectivity index (χ1v) is 5.43. The van der Waals surface area contributed by atoms with Gasteiger partial charge in [-0.05, 0) is 18.2 Å². The van der Waals surface area contributed by atoms with Crippen molar-refractivity contribution in [2.75, 3.05) is 27.7 Å². The van der Waals surface area contributed by atoms with Crippen LogP contribution in [0.15, 0.2) is 18.2 Å². The maximum absolute atomic E-state index is 11.8. The van der Waals surface area contributed by atoms with Crippen LogP contribution in [0.25, 0.3) is 0 Å². The van der Waals surface area contributed by atoms with E-state index in [-0.39, 0.29) is 12.5 Å². The van der Waals surface area contributed by atoms with Crippen LogP contribution in [-0.2, 0) is 0 Å². The number of carbonyl (C=O) groups is 1. The van der Waals surface area contributed by atoms with Crippen LogP contribution in [-0.4, -0.2) is 38.7 Å². The second kappa shape index (κ2) is 6.64. The number of methoxy groups -OCH3 is 1. The van der Waals surface area contributed by atoms with Crippen molar-refractivity contribution < 1.29 is 9.53 Å². The van der Waals surface area contributed by atoms with Crippen molar-refractivity contribution in [1.29, 1.82) is 0 Å². The van der Waals surface area contributed by atoms with Gasteiger partial charge in [0, 0.05) is 19.7 Å². The van der Waals surface area contributed by atoms with Gasteiger partial charge in [-0.25, -0.2) is 5.01 Å². The van der Waals surface area contributed by atoms with E-state index in [1.807, 2.05) is 0 Å². The fourth-order valence-electron chi connectivity index (χ4n) is 1.36. The van der Waals surface area contributed by atoms with Crippen LogP contribution >= 0.6 is 0 Å². The topological polar surface area (TPSA) is 67.6 Å². The van der Waals surface area contributed by atoms with E-state index in [4.69, 9.17) is 10.5 Å². The molecule has 1 aromatic rings. The van der Waals surface area contributed by atoms with Crippen molar-refractivity contribution in [1.82, 2.24) is 10.4 Å². The van der Waals surface area contributed by atoms with Crippen molar-refractivity contribution in [3.63, 3.8) is 0 Å². The van der Waals surface area contributed by atoms with Crippen molar-refractivity contribution in [3.8, 4) is 17.6 Å². The molecule has 0 unspecified atom stereocenters. The second-order valence-corrected chi connectivity index (χ2v) is 3.76. The van der Waals surface area contributed by atoms with Gasteiger partial charge in [0.15, 0.2) is 0 Å². The van der Waals surface area contributed by atoms with Gasteiger partial charge in [0.05, 0.1) is 19.2 Å². The van der Waals surface area contributed by atoms with Crippen LogP contribution in [0.4, 0.5) is 0 Å². The molecule has 0 saturated heterocycles. The number of rotatable bonds is 3. The summed E-state index contributed by atoms with van der Waals surface area (Å²) in [7, 11) is 5.05. The van der Waals surface area contributed by atoms with Crippen LogP contribution in [0.5, 0.6) is 5.75 Å². The van der Waals surface area contributed by atoms with E-state index in [0.717, 1.165) is 0 Å². The number of carbonyl (C=O) groups excluding carboxylic acids is 1. The molecule has 0 heterocycles. The Kier molecular flexibility index (Phi) is 5.18. The zero-order chi connectivity index (χ0) is 13.5. The third-order valence-corrected chi connectivity index (χ3v) is 2.11. The molecule has 0 bridgehead atoms. The van der Waals surface area contributed by atoms with Crippen LogP contribution in [0.2, 0.25) is 0 Å². The normalized spacial score (nSPS) is 9.61. The lowest BCUT2D eigenvalue weighted by Crippen LogP contribution is -2.36. The maximum Gasteiger partial charge on any atom is 0.265 e. The fraction of sp³-hybridized carbons (Fsp3) is 0.308. The first-order valence-electron chi connectivity index (χ1n) is 5.43. The van der Waals surface area contributed by atoms with Crippen molar-refractivity contribution in [2.45, 2.75) is 0 Å². The van der Waals surface area contributed by atoms with E-state index >= 15 is 0 Å². The first-order chi connectivity index (χ1) is 8.58. The van der Waals surface area contributed by atoms with Gasteiger partial charge in [-0.1, -0.05) is 11.8 Å². The minimum absolute atomic E-state index is 0.196. The summed E-state index contributed by atoms with van der Waals surface area (Å²) in [5.74, 6) is 6.05. The molecule has 1 rings (SSSR count). The zero-order valence-electron chi connectivity index (χ0n) is 10.8. The summed E-state index contributed by atoms with van der Waals surface area (Å²) in [5, 5.41) is 1.58. The highest BCUT2D eigenvalue weighted by molar-refractivity contribution is 5.94. The molecule has 0 spiro atoms. The molecule has 0 fully saturated rings. The molecule has 3 N–H and O–H groups in total. The number of hydrogen-bond acceptors (Lipinski definition) is 4. The number of nitrogens with two attached hydrogens (primary N) is 1. The molecule has 0 radical (unpaired) electrons. The number of hydrogen-bond donors (Lipinski definition) is 2. The Morgan fingerprint density at radius 1 is 1.50 bits per heavy atom. The molecule has 0 aliphatic heterocycles. The standard InChI is InChI=1S/C13H17N3O2/c1-16(2)15-13(17)11-6-7-12(18-3)10(9-11)5-4-8-14/h6-7,9H,8,14H2,1-3H3,(H,15,17). The quantitative estimate of drug-likeness (QED) is 0.592. The molecule has 0 saturated carbocycles. The summed E-state index contributed by atoms with van der Waals surface area (Å²) < 4.78 is 5.17. The average molecular weight is 247 g/mol. The molecule has 0 aliphatic carbocycles. The summed E-state index contributed by atoms with van der Waals surface area (Å²) in [6.45, 7) is 0.261. The Labute approximate surface area is 107 Å². The van der Waals surface area contributed by atoms with E-state index in [1.165, 1.54) is 0 Å². The third-order valence-electron chi connectivity index (χ3n) is 2.11. The van der Waals surface area contributed by atoms with Gasteiger partial charge in [-0.3, -0.25) is 10.2 Å². The molecule has 1 aromatic carbocycles. The Hall–Kier alpha value is -2.03. The summed E-state index contributed by atoms with van der Waals surface area (Å²) in [5.41, 5.74) is 9.16. The lowest BCUT2D eigenvalue weighted by molar-refractivity contribution is 0.0857. The highest BCUT2D eigenvalue weighted by Gasteiger charge is 2.09. The van der Waals surface area contributed by atoms with Gasteiger partial charge >= 0.3 is 0 Å². The predicted molar refractivity (Wildman–Crippen MR) is 70.1 cm³/mol. The summed E-state index contributed by atoms with van der Waals surface area (Å²) >= 11 is 0. The number of ether oxygens (including phenoxy) is 1. The largest absolute Gasteiger partial charge is 0.495 e. The predicted octanol–water partition coefficient (Wildman–Crippen LogP) is 0.212. The van der Waals surface area contributed by atoms with E-state index in [2.05, 4.69) is 17.3 Å². The van der Waals surface area contributed by atoms with E-state index in [0.29, 0.717) is 16.9 Å². The van der Waals surface area contributed by atoms with Crippen LogP contribution in [0.3, 0.4) is 0 Å². The minimum Gasteiger partial charge on any atom is -0.495 e. The molecular formula is C13H17N3O2. The number of hydrazine groups is 1. The van der Waals surface area contributed by atoms with Gasteiger partial charge in [0.25, 0.3) is 5.91 Å². The van der Waals surface area contributed by atoms with Crippen LogP contribution in [0.1, 0.15) is 15.9 Å². The Balaban J connectivity index is 3.06. The lowest BCUT2D eigenvalue weighted by Gasteiger charge is -2.12. The van der Waals surface area contributed by atoms with Gasteiger partial charge in [-0.15, -0.1) is 0 Å². The SMILES string of the molecule is COc1ccc(C(=O)NN(C)C)cc1C#CCN. The van der Waals surface area contributed by atoms with Crippen molar-refractivity contribution in [2.24, 2.45) is 5.73 Å². The van der Waals surface area contributed by atoms with Gasteiger partial charge in [-0.2, -0.15) is 0 Å². The molecule has 96 valence electrons. The highest BCUT2D eigenvalue weighted by Crippen LogP contribution is 2.18. The van der Waals surface area contributed by atoms with E-state index in [1.54, 1.807) is 44.4 Å². The van der Waals surface area contributed by atoms with E-state index in [9.17, 15) is 4.79 Å². The monoisotopic (exact) mass is 247 g/mol. The number of nitrogens with one attached hydrogen (secondary N) is 1. The van der Waals surface area contributed by atoms with Gasteiger partial charge in [0.1, 0.15) is 5.75 Å². The average Bonchev–Trinajstić information content (AvgIpc) is 2.35. The Morgan fingerprint density at radius 2 is 2.22 bits per heavy atom. The Bertz CT molecular complexity index is 487. The van der Waals surface area contributed by atoms with Gasteiger partial charge < -0.3 is 10.5 Å². The molecule has 0 aliphatic rings. The molecule has 5 nitrogen and oxygen atoms in total. The maximum atomic E-state index is 11.8. The molecule has 0 atom stereocenters. The van der Waals surface area contributed by atoms with E-state index < -0.39 is 0 Å². The summed E-state index contributed by atoms with van der Waals surface area (Å²) in [4.78, 5) is 11.8. The second-order valence-electron chi connectivity index (χ2n) is 3.76. The third kappa shape index (κ3) is 3.77. The number of nitrogens with zero attached hydrogens (tertiary/aromatic N) is 1. The van der Waals surface area contributed by atoms with Crippen molar-refractivity contribution in [3.05, 3.63) is 29.3 Å². The molecule has 0 aromatic heterocycles. The van der Waals surface area contributed by atoms with Crippen LogP contribution < -0.4 is 15.9 Å². The van der Waals surface area contributed by atoms with Crippen molar-refractivity contribution >= 4 is 5.91 Å². The fourth-order valence-corrected chi connectivity index (χ4v) is 1.36. The highest BCUT2D eigenvalue weighted by atomic mass is 16.5. The smallest absolute Gasteiger partial charge is 0.265 e. The minimum atomic E-state index is -0.196. The zero-order valence-corrected chi connectivity index (χ0v) is 10.8. The number of amides is 1. The number of benzene rings is 1. The van der Waals surface area contributed by atoms with Crippen LogP contribution in [0, 0.1) is 11.8 Å². The molecule has 18 heavy (non-hydrogen) atoms. The lowest BCUT2D eigenvalue weighted by atomic mass is 10.1. The molecule has 5 heteroatoms. The first kappa shape index (κ1) is 14.0. The van der Waals surface area contributed by atoms with Gasteiger partial charge in [0.2, 0.25) is 0 Å².